The van der Waals surface area contributed by atoms with E-state index in [-0.39, 0.29) is 17.4 Å². The lowest BCUT2D eigenvalue weighted by Gasteiger charge is -2.28. The minimum Gasteiger partial charge on any atom is -0.461 e. The van der Waals surface area contributed by atoms with Crippen LogP contribution in [0.15, 0.2) is 60.7 Å². The van der Waals surface area contributed by atoms with E-state index in [2.05, 4.69) is 0 Å². The van der Waals surface area contributed by atoms with Gasteiger partial charge in [-0.2, -0.15) is 0 Å². The number of ether oxygens (including phenoxy) is 1. The van der Waals surface area contributed by atoms with Crippen LogP contribution in [0.5, 0.6) is 0 Å². The summed E-state index contributed by atoms with van der Waals surface area (Å²) in [7, 11) is 0. The topological polar surface area (TPSA) is 46.6 Å². The third-order valence-corrected chi connectivity index (χ3v) is 5.92. The van der Waals surface area contributed by atoms with E-state index >= 15 is 0 Å². The second-order valence-corrected chi connectivity index (χ2v) is 8.22. The summed E-state index contributed by atoms with van der Waals surface area (Å²) in [5.41, 5.74) is 1.73. The Labute approximate surface area is 174 Å². The van der Waals surface area contributed by atoms with Crippen LogP contribution in [0.25, 0.3) is 6.08 Å². The van der Waals surface area contributed by atoms with Gasteiger partial charge in [0.25, 0.3) is 0 Å². The van der Waals surface area contributed by atoms with Gasteiger partial charge in [-0.1, -0.05) is 60.1 Å². The maximum absolute atomic E-state index is 13.1. The molecule has 1 aliphatic rings. The van der Waals surface area contributed by atoms with Gasteiger partial charge in [0.2, 0.25) is 5.91 Å². The Bertz CT molecular complexity index is 869. The summed E-state index contributed by atoms with van der Waals surface area (Å²) in [5, 5.41) is 0.231. The van der Waals surface area contributed by atoms with Gasteiger partial charge in [0.1, 0.15) is 11.4 Å². The normalized spacial score (nSPS) is 19.4. The van der Waals surface area contributed by atoms with Crippen LogP contribution in [0.1, 0.15) is 30.3 Å². The van der Waals surface area contributed by atoms with Gasteiger partial charge in [-0.05, 0) is 31.6 Å². The van der Waals surface area contributed by atoms with Gasteiger partial charge in [0.15, 0.2) is 0 Å². The number of nitrogens with zero attached hydrogens (tertiary/aromatic N) is 1. The third kappa shape index (κ3) is 4.78. The number of carbonyl (C=O) groups is 2. The van der Waals surface area contributed by atoms with Crippen molar-refractivity contribution in [2.45, 2.75) is 31.4 Å². The number of esters is 1. The molecule has 1 heterocycles. The molecule has 1 aliphatic heterocycles. The minimum absolute atomic E-state index is 0.242. The lowest BCUT2D eigenvalue weighted by Crippen LogP contribution is -2.43. The van der Waals surface area contributed by atoms with Crippen molar-refractivity contribution in [3.05, 3.63) is 76.8 Å². The van der Waals surface area contributed by atoms with E-state index in [9.17, 15) is 9.59 Å². The summed E-state index contributed by atoms with van der Waals surface area (Å²) in [6, 6.07) is 16.3. The zero-order valence-electron chi connectivity index (χ0n) is 15.7. The second kappa shape index (κ2) is 9.30. The molecule has 0 aromatic heterocycles. The van der Waals surface area contributed by atoms with Crippen LogP contribution < -0.4 is 0 Å². The molecule has 4 nitrogen and oxygen atoms in total. The van der Waals surface area contributed by atoms with Gasteiger partial charge >= 0.3 is 5.97 Å². The smallest absolute Gasteiger partial charge is 0.330 e. The van der Waals surface area contributed by atoms with E-state index in [1.807, 2.05) is 48.5 Å². The zero-order chi connectivity index (χ0) is 20.1. The van der Waals surface area contributed by atoms with Crippen molar-refractivity contribution >= 4 is 41.3 Å². The molecule has 146 valence electrons. The summed E-state index contributed by atoms with van der Waals surface area (Å²) >= 11 is 7.89. The molecular formula is C22H22ClNO3S. The maximum atomic E-state index is 13.1. The molecule has 2 aromatic carbocycles. The number of hydrogen-bond acceptors (Lipinski definition) is 4. The van der Waals surface area contributed by atoms with Crippen LogP contribution in [0.2, 0.25) is 5.02 Å². The number of carbonyl (C=O) groups excluding carboxylic acids is 2. The Balaban J connectivity index is 1.90. The fourth-order valence-electron chi connectivity index (χ4n) is 3.00. The summed E-state index contributed by atoms with van der Waals surface area (Å²) in [5.74, 6) is -0.171. The molecule has 0 saturated carbocycles. The lowest BCUT2D eigenvalue weighted by atomic mass is 10.1. The highest BCUT2D eigenvalue weighted by atomic mass is 35.5. The molecule has 0 spiro atoms. The van der Waals surface area contributed by atoms with Crippen LogP contribution in [0, 0.1) is 0 Å². The van der Waals surface area contributed by atoms with Gasteiger partial charge in [0, 0.05) is 22.4 Å². The molecule has 0 radical (unpaired) electrons. The van der Waals surface area contributed by atoms with E-state index in [1.165, 1.54) is 17.8 Å². The first kappa shape index (κ1) is 20.5. The molecular weight excluding hydrogens is 394 g/mol. The number of benzene rings is 2. The van der Waals surface area contributed by atoms with Gasteiger partial charge in [-0.3, -0.25) is 4.79 Å². The molecule has 2 aromatic rings. The van der Waals surface area contributed by atoms with E-state index in [0.29, 0.717) is 10.8 Å². The lowest BCUT2D eigenvalue weighted by molar-refractivity contribution is -0.156. The van der Waals surface area contributed by atoms with Crippen LogP contribution >= 0.6 is 23.4 Å². The maximum Gasteiger partial charge on any atom is 0.330 e. The summed E-state index contributed by atoms with van der Waals surface area (Å²) < 4.78 is 5.39. The highest BCUT2D eigenvalue weighted by molar-refractivity contribution is 7.99. The summed E-state index contributed by atoms with van der Waals surface area (Å²) in [6.45, 7) is 3.60. The van der Waals surface area contributed by atoms with E-state index in [4.69, 9.17) is 16.3 Å². The Morgan fingerprint density at radius 1 is 1.14 bits per heavy atom. The van der Waals surface area contributed by atoms with Gasteiger partial charge in [0.05, 0.1) is 6.10 Å². The molecule has 0 bridgehead atoms. The number of rotatable bonds is 5. The first-order valence-corrected chi connectivity index (χ1v) is 10.5. The second-order valence-electron chi connectivity index (χ2n) is 6.70. The quantitative estimate of drug-likeness (QED) is 0.512. The molecule has 0 unspecified atom stereocenters. The molecule has 1 fully saturated rings. The number of thioether (sulfide) groups is 1. The predicted molar refractivity (Wildman–Crippen MR) is 114 cm³/mol. The third-order valence-electron chi connectivity index (χ3n) is 4.27. The minimum atomic E-state index is -0.651. The Hall–Kier alpha value is -2.24. The molecule has 0 N–H and O–H groups in total. The molecule has 1 amide bonds. The fourth-order valence-corrected chi connectivity index (χ4v) is 4.76. The van der Waals surface area contributed by atoms with E-state index < -0.39 is 12.0 Å². The van der Waals surface area contributed by atoms with E-state index in [0.717, 1.165) is 11.1 Å². The first-order valence-electron chi connectivity index (χ1n) is 9.09. The van der Waals surface area contributed by atoms with Crippen LogP contribution in [0.3, 0.4) is 0 Å². The molecule has 3 rings (SSSR count). The highest BCUT2D eigenvalue weighted by Gasteiger charge is 2.43. The van der Waals surface area contributed by atoms with Crippen LogP contribution in [0.4, 0.5) is 0 Å². The Morgan fingerprint density at radius 3 is 2.50 bits per heavy atom. The number of halogens is 1. The van der Waals surface area contributed by atoms with Crippen molar-refractivity contribution in [3.8, 4) is 0 Å². The van der Waals surface area contributed by atoms with Crippen molar-refractivity contribution in [2.75, 3.05) is 5.75 Å². The van der Waals surface area contributed by atoms with Gasteiger partial charge in [-0.25, -0.2) is 4.79 Å². The number of hydrogen-bond donors (Lipinski definition) is 0. The summed E-state index contributed by atoms with van der Waals surface area (Å²) in [6.07, 6.45) is 3.01. The van der Waals surface area contributed by atoms with Crippen molar-refractivity contribution < 1.29 is 14.3 Å². The van der Waals surface area contributed by atoms with Gasteiger partial charge < -0.3 is 9.64 Å². The zero-order valence-corrected chi connectivity index (χ0v) is 17.3. The predicted octanol–water partition coefficient (Wildman–Crippen LogP) is 4.95. The highest BCUT2D eigenvalue weighted by Crippen LogP contribution is 2.44. The van der Waals surface area contributed by atoms with Crippen molar-refractivity contribution in [2.24, 2.45) is 0 Å². The summed E-state index contributed by atoms with van der Waals surface area (Å²) in [4.78, 5) is 27.3. The molecule has 2 atom stereocenters. The van der Waals surface area contributed by atoms with Crippen LogP contribution in [-0.2, 0) is 14.3 Å². The standard InChI is InChI=1S/C22H22ClNO3S/c1-15(2)27-22(26)19-14-28-21(17-10-6-7-11-18(17)23)24(19)20(25)13-12-16-8-4-3-5-9-16/h3-13,15,19,21H,14H2,1-2H3/b13-12+/t19-,21-/m0/s1. The van der Waals surface area contributed by atoms with E-state index in [1.54, 1.807) is 30.9 Å². The number of amides is 1. The van der Waals surface area contributed by atoms with Crippen molar-refractivity contribution in [3.63, 3.8) is 0 Å². The molecule has 28 heavy (non-hydrogen) atoms. The SMILES string of the molecule is CC(C)OC(=O)[C@@H]1CS[C@@H](c2ccccc2Cl)N1C(=O)/C=C/c1ccccc1. The molecule has 0 aliphatic carbocycles. The van der Waals surface area contributed by atoms with Crippen LogP contribution in [-0.4, -0.2) is 34.7 Å². The molecule has 6 heteroatoms. The largest absolute Gasteiger partial charge is 0.461 e. The van der Waals surface area contributed by atoms with Gasteiger partial charge in [-0.15, -0.1) is 11.8 Å². The Kier molecular flexibility index (Phi) is 6.81. The average Bonchev–Trinajstić information content (AvgIpc) is 3.12. The molecule has 1 saturated heterocycles. The average molecular weight is 416 g/mol. The first-order chi connectivity index (χ1) is 13.5. The Morgan fingerprint density at radius 2 is 1.82 bits per heavy atom. The van der Waals surface area contributed by atoms with Crippen molar-refractivity contribution in [1.82, 2.24) is 4.90 Å². The fraction of sp³-hybridized carbons (Fsp3) is 0.273. The monoisotopic (exact) mass is 415 g/mol. The van der Waals surface area contributed by atoms with Crippen molar-refractivity contribution in [1.29, 1.82) is 0 Å².